The van der Waals surface area contributed by atoms with Crippen LogP contribution in [0.1, 0.15) is 11.1 Å². The lowest BCUT2D eigenvalue weighted by molar-refractivity contribution is 0.628. The lowest BCUT2D eigenvalue weighted by atomic mass is 10.1. The number of benzene rings is 2. The van der Waals surface area contributed by atoms with E-state index in [4.69, 9.17) is 11.6 Å². The molecule has 2 heteroatoms. The van der Waals surface area contributed by atoms with E-state index < -0.39 is 0 Å². The molecule has 0 bridgehead atoms. The van der Waals surface area contributed by atoms with Gasteiger partial charge in [0.15, 0.2) is 0 Å². The Hall–Kier alpha value is -1.60. The van der Waals surface area contributed by atoms with Crippen LogP contribution in [-0.2, 0) is 0 Å². The molecular formula is C14H10ClF. The van der Waals surface area contributed by atoms with Gasteiger partial charge in [0.05, 0.1) is 5.02 Å². The Morgan fingerprint density at radius 3 is 2.38 bits per heavy atom. The third-order valence-electron chi connectivity index (χ3n) is 2.22. The maximum atomic E-state index is 12.8. The standard InChI is InChI=1S/C14H10ClF/c15-14-10-13(16)9-8-12(14)7-6-11-4-2-1-3-5-11/h1-10H. The van der Waals surface area contributed by atoms with E-state index in [1.165, 1.54) is 12.1 Å². The van der Waals surface area contributed by atoms with Crippen molar-refractivity contribution in [3.63, 3.8) is 0 Å². The summed E-state index contributed by atoms with van der Waals surface area (Å²) in [5, 5.41) is 0.423. The molecule has 2 rings (SSSR count). The highest BCUT2D eigenvalue weighted by atomic mass is 35.5. The van der Waals surface area contributed by atoms with Gasteiger partial charge >= 0.3 is 0 Å². The Balaban J connectivity index is 2.24. The third-order valence-corrected chi connectivity index (χ3v) is 2.54. The average Bonchev–Trinajstić information content (AvgIpc) is 2.29. The van der Waals surface area contributed by atoms with Crippen LogP contribution in [0.3, 0.4) is 0 Å². The van der Waals surface area contributed by atoms with Gasteiger partial charge in [-0.2, -0.15) is 0 Å². The molecule has 2 aromatic rings. The van der Waals surface area contributed by atoms with E-state index in [1.54, 1.807) is 6.07 Å². The Morgan fingerprint density at radius 2 is 1.69 bits per heavy atom. The molecule has 0 saturated carbocycles. The van der Waals surface area contributed by atoms with Crippen molar-refractivity contribution in [3.05, 3.63) is 70.5 Å². The minimum atomic E-state index is -0.318. The Kier molecular flexibility index (Phi) is 3.37. The Labute approximate surface area is 99.0 Å². The molecule has 80 valence electrons. The second-order valence-corrected chi connectivity index (χ2v) is 3.82. The number of hydrogen-bond acceptors (Lipinski definition) is 0. The maximum Gasteiger partial charge on any atom is 0.124 e. The van der Waals surface area contributed by atoms with Gasteiger partial charge in [0.1, 0.15) is 5.82 Å². The largest absolute Gasteiger partial charge is 0.207 e. The molecule has 0 unspecified atom stereocenters. The fraction of sp³-hybridized carbons (Fsp3) is 0. The van der Waals surface area contributed by atoms with Crippen LogP contribution < -0.4 is 0 Å². The van der Waals surface area contributed by atoms with Crippen molar-refractivity contribution < 1.29 is 4.39 Å². The highest BCUT2D eigenvalue weighted by molar-refractivity contribution is 6.32. The topological polar surface area (TPSA) is 0 Å². The highest BCUT2D eigenvalue weighted by Gasteiger charge is 1.97. The van der Waals surface area contributed by atoms with E-state index >= 15 is 0 Å². The summed E-state index contributed by atoms with van der Waals surface area (Å²) in [6.45, 7) is 0. The average molecular weight is 233 g/mol. The SMILES string of the molecule is Fc1ccc(C=Cc2ccccc2)c(Cl)c1. The van der Waals surface area contributed by atoms with Gasteiger partial charge in [0, 0.05) is 0 Å². The summed E-state index contributed by atoms with van der Waals surface area (Å²) in [4.78, 5) is 0. The van der Waals surface area contributed by atoms with Crippen LogP contribution in [-0.4, -0.2) is 0 Å². The first-order chi connectivity index (χ1) is 7.75. The zero-order valence-corrected chi connectivity index (χ0v) is 9.29. The molecule has 0 spiro atoms. The summed E-state index contributed by atoms with van der Waals surface area (Å²) >= 11 is 5.90. The molecule has 0 fully saturated rings. The zero-order chi connectivity index (χ0) is 11.4. The zero-order valence-electron chi connectivity index (χ0n) is 8.53. The first-order valence-corrected chi connectivity index (χ1v) is 5.32. The van der Waals surface area contributed by atoms with Crippen molar-refractivity contribution in [3.8, 4) is 0 Å². The van der Waals surface area contributed by atoms with Gasteiger partial charge in [-0.05, 0) is 23.3 Å². The highest BCUT2D eigenvalue weighted by Crippen LogP contribution is 2.19. The number of halogens is 2. The Morgan fingerprint density at radius 1 is 0.938 bits per heavy atom. The van der Waals surface area contributed by atoms with Gasteiger partial charge in [-0.15, -0.1) is 0 Å². The molecule has 0 aliphatic carbocycles. The van der Waals surface area contributed by atoms with E-state index in [-0.39, 0.29) is 5.82 Å². The summed E-state index contributed by atoms with van der Waals surface area (Å²) in [5.41, 5.74) is 1.90. The van der Waals surface area contributed by atoms with Gasteiger partial charge in [-0.25, -0.2) is 4.39 Å². The van der Waals surface area contributed by atoms with E-state index in [9.17, 15) is 4.39 Å². The monoisotopic (exact) mass is 232 g/mol. The van der Waals surface area contributed by atoms with Crippen LogP contribution in [0.4, 0.5) is 4.39 Å². The smallest absolute Gasteiger partial charge is 0.124 e. The molecule has 0 N–H and O–H groups in total. The first kappa shape index (κ1) is 10.9. The molecule has 0 nitrogen and oxygen atoms in total. The summed E-state index contributed by atoms with van der Waals surface area (Å²) in [6.07, 6.45) is 3.82. The van der Waals surface area contributed by atoms with Gasteiger partial charge in [-0.3, -0.25) is 0 Å². The summed E-state index contributed by atoms with van der Waals surface area (Å²) in [7, 11) is 0. The lowest BCUT2D eigenvalue weighted by Crippen LogP contribution is -1.78. The molecule has 0 aliphatic heterocycles. The molecule has 0 atom stereocenters. The van der Waals surface area contributed by atoms with Crippen molar-refractivity contribution in [2.45, 2.75) is 0 Å². The Bertz CT molecular complexity index is 503. The fourth-order valence-corrected chi connectivity index (χ4v) is 1.62. The second-order valence-electron chi connectivity index (χ2n) is 3.41. The van der Waals surface area contributed by atoms with Gasteiger partial charge in [0.25, 0.3) is 0 Å². The molecule has 0 amide bonds. The maximum absolute atomic E-state index is 12.8. The minimum Gasteiger partial charge on any atom is -0.207 e. The molecule has 0 radical (unpaired) electrons. The van der Waals surface area contributed by atoms with E-state index in [0.29, 0.717) is 5.02 Å². The van der Waals surface area contributed by atoms with Crippen molar-refractivity contribution in [1.29, 1.82) is 0 Å². The fourth-order valence-electron chi connectivity index (χ4n) is 1.39. The molecule has 0 aliphatic rings. The van der Waals surface area contributed by atoms with Crippen LogP contribution in [0.2, 0.25) is 5.02 Å². The van der Waals surface area contributed by atoms with Crippen LogP contribution >= 0.6 is 11.6 Å². The van der Waals surface area contributed by atoms with Crippen molar-refractivity contribution >= 4 is 23.8 Å². The lowest BCUT2D eigenvalue weighted by Gasteiger charge is -1.98. The molecule has 0 heterocycles. The van der Waals surface area contributed by atoms with Gasteiger partial charge in [0.2, 0.25) is 0 Å². The van der Waals surface area contributed by atoms with Crippen molar-refractivity contribution in [2.75, 3.05) is 0 Å². The normalized spacial score (nSPS) is 10.9. The quantitative estimate of drug-likeness (QED) is 0.662. The summed E-state index contributed by atoms with van der Waals surface area (Å²) < 4.78 is 12.8. The molecule has 2 aromatic carbocycles. The summed E-state index contributed by atoms with van der Waals surface area (Å²) in [5.74, 6) is -0.318. The summed E-state index contributed by atoms with van der Waals surface area (Å²) in [6, 6.07) is 14.3. The molecule has 0 saturated heterocycles. The predicted octanol–water partition coefficient (Wildman–Crippen LogP) is 4.65. The predicted molar refractivity (Wildman–Crippen MR) is 66.8 cm³/mol. The first-order valence-electron chi connectivity index (χ1n) is 4.94. The second kappa shape index (κ2) is 4.95. The molecular weight excluding hydrogens is 223 g/mol. The number of hydrogen-bond donors (Lipinski definition) is 0. The van der Waals surface area contributed by atoms with Gasteiger partial charge in [-0.1, -0.05) is 60.2 Å². The molecule has 0 aromatic heterocycles. The van der Waals surface area contributed by atoms with E-state index in [0.717, 1.165) is 11.1 Å². The molecule has 16 heavy (non-hydrogen) atoms. The number of rotatable bonds is 2. The van der Waals surface area contributed by atoms with Gasteiger partial charge < -0.3 is 0 Å². The van der Waals surface area contributed by atoms with Crippen LogP contribution in [0, 0.1) is 5.82 Å². The minimum absolute atomic E-state index is 0.318. The third kappa shape index (κ3) is 2.71. The van der Waals surface area contributed by atoms with Crippen molar-refractivity contribution in [2.24, 2.45) is 0 Å². The van der Waals surface area contributed by atoms with E-state index in [1.807, 2.05) is 42.5 Å². The van der Waals surface area contributed by atoms with Crippen molar-refractivity contribution in [1.82, 2.24) is 0 Å². The van der Waals surface area contributed by atoms with Crippen LogP contribution in [0.15, 0.2) is 48.5 Å². The van der Waals surface area contributed by atoms with Crippen LogP contribution in [0.5, 0.6) is 0 Å². The van der Waals surface area contributed by atoms with E-state index in [2.05, 4.69) is 0 Å². The van der Waals surface area contributed by atoms with Crippen LogP contribution in [0.25, 0.3) is 12.2 Å².